The molecule has 4 nitrogen and oxygen atoms in total. The van der Waals surface area contributed by atoms with Gasteiger partial charge in [0.05, 0.1) is 17.7 Å². The van der Waals surface area contributed by atoms with Crippen LogP contribution >= 0.6 is 34.2 Å². The number of hydrogen-bond donors (Lipinski definition) is 0. The Morgan fingerprint density at radius 3 is 2.65 bits per heavy atom. The lowest BCUT2D eigenvalue weighted by atomic mass is 10.2. The first-order chi connectivity index (χ1) is 11.1. The number of methoxy groups -OCH3 is 1. The van der Waals surface area contributed by atoms with Crippen LogP contribution in [0.15, 0.2) is 53.2 Å². The summed E-state index contributed by atoms with van der Waals surface area (Å²) in [5.41, 5.74) is 1.67. The molecule has 0 amide bonds. The molecule has 0 spiro atoms. The van der Waals surface area contributed by atoms with Gasteiger partial charge in [-0.25, -0.2) is 9.79 Å². The first-order valence-electron chi connectivity index (χ1n) is 6.69. The molecule has 1 aliphatic heterocycles. The molecular weight excluding hydrogens is 429 g/mol. The van der Waals surface area contributed by atoms with Crippen LogP contribution in [-0.4, -0.2) is 19.0 Å². The molecular formula is C17H11ClINO3. The summed E-state index contributed by atoms with van der Waals surface area (Å²) < 4.78 is 11.3. The summed E-state index contributed by atoms with van der Waals surface area (Å²) in [7, 11) is 1.60. The highest BCUT2D eigenvalue weighted by Crippen LogP contribution is 2.25. The Morgan fingerprint density at radius 2 is 1.96 bits per heavy atom. The summed E-state index contributed by atoms with van der Waals surface area (Å²) in [4.78, 5) is 16.3. The normalized spacial score (nSPS) is 15.5. The maximum atomic E-state index is 12.0. The molecule has 0 atom stereocenters. The van der Waals surface area contributed by atoms with E-state index in [1.54, 1.807) is 19.3 Å². The van der Waals surface area contributed by atoms with Gasteiger partial charge in [0, 0.05) is 3.57 Å². The number of rotatable bonds is 3. The van der Waals surface area contributed by atoms with Gasteiger partial charge in [-0.15, -0.1) is 0 Å². The fourth-order valence-electron chi connectivity index (χ4n) is 2.04. The Morgan fingerprint density at radius 1 is 1.22 bits per heavy atom. The van der Waals surface area contributed by atoms with Gasteiger partial charge in [0.15, 0.2) is 5.70 Å². The highest BCUT2D eigenvalue weighted by molar-refractivity contribution is 14.1. The summed E-state index contributed by atoms with van der Waals surface area (Å²) in [5.74, 6) is 0.472. The van der Waals surface area contributed by atoms with Crippen LogP contribution in [0.4, 0.5) is 0 Å². The zero-order valence-corrected chi connectivity index (χ0v) is 15.0. The van der Waals surface area contributed by atoms with E-state index in [1.807, 2.05) is 36.4 Å². The second-order valence-corrected chi connectivity index (χ2v) is 6.39. The molecule has 1 aliphatic rings. The molecule has 0 aromatic heterocycles. The molecule has 0 fully saturated rings. The van der Waals surface area contributed by atoms with Crippen LogP contribution in [0.2, 0.25) is 5.02 Å². The van der Waals surface area contributed by atoms with Crippen molar-refractivity contribution in [3.8, 4) is 5.75 Å². The van der Waals surface area contributed by atoms with E-state index in [9.17, 15) is 4.79 Å². The van der Waals surface area contributed by atoms with Crippen LogP contribution in [0.3, 0.4) is 0 Å². The fourth-order valence-corrected chi connectivity index (χ4v) is 2.73. The third-order valence-corrected chi connectivity index (χ3v) is 4.20. The molecule has 0 saturated heterocycles. The summed E-state index contributed by atoms with van der Waals surface area (Å²) in [5, 5.41) is 0.489. The molecule has 0 N–H and O–H groups in total. The molecule has 3 rings (SSSR count). The second-order valence-electron chi connectivity index (χ2n) is 4.73. The van der Waals surface area contributed by atoms with Crippen LogP contribution in [0.5, 0.6) is 5.75 Å². The summed E-state index contributed by atoms with van der Waals surface area (Å²) in [6.07, 6.45) is 1.66. The molecule has 116 valence electrons. The summed E-state index contributed by atoms with van der Waals surface area (Å²) in [6.45, 7) is 0. The number of aliphatic imine (C=N–C) groups is 1. The van der Waals surface area contributed by atoms with E-state index in [1.165, 1.54) is 0 Å². The maximum Gasteiger partial charge on any atom is 0.363 e. The first kappa shape index (κ1) is 16.0. The van der Waals surface area contributed by atoms with E-state index in [0.29, 0.717) is 10.6 Å². The largest absolute Gasteiger partial charge is 0.497 e. The van der Waals surface area contributed by atoms with E-state index < -0.39 is 5.97 Å². The minimum atomic E-state index is -0.495. The highest BCUT2D eigenvalue weighted by Gasteiger charge is 2.25. The van der Waals surface area contributed by atoms with Gasteiger partial charge in [0.25, 0.3) is 0 Å². The predicted octanol–water partition coefficient (Wildman–Crippen LogP) is 4.30. The van der Waals surface area contributed by atoms with Crippen molar-refractivity contribution in [1.29, 1.82) is 0 Å². The molecule has 2 aromatic carbocycles. The van der Waals surface area contributed by atoms with Crippen molar-refractivity contribution in [3.05, 3.63) is 67.9 Å². The number of nitrogens with zero attached hydrogens (tertiary/aromatic N) is 1. The van der Waals surface area contributed by atoms with E-state index in [0.717, 1.165) is 14.9 Å². The van der Waals surface area contributed by atoms with Gasteiger partial charge in [0.2, 0.25) is 5.90 Å². The van der Waals surface area contributed by atoms with Crippen molar-refractivity contribution in [2.24, 2.45) is 4.99 Å². The van der Waals surface area contributed by atoms with E-state index in [-0.39, 0.29) is 11.6 Å². The Kier molecular flexibility index (Phi) is 4.68. The number of esters is 1. The van der Waals surface area contributed by atoms with Gasteiger partial charge in [-0.2, -0.15) is 0 Å². The van der Waals surface area contributed by atoms with Crippen molar-refractivity contribution < 1.29 is 14.3 Å². The summed E-state index contributed by atoms with van der Waals surface area (Å²) in [6, 6.07) is 12.8. The highest BCUT2D eigenvalue weighted by atomic mass is 127. The molecule has 0 aliphatic carbocycles. The smallest absolute Gasteiger partial charge is 0.363 e. The van der Waals surface area contributed by atoms with Gasteiger partial charge in [0.1, 0.15) is 5.75 Å². The van der Waals surface area contributed by atoms with Gasteiger partial charge in [-0.05, 0) is 64.6 Å². The second kappa shape index (κ2) is 6.72. The number of benzene rings is 2. The monoisotopic (exact) mass is 439 g/mol. The van der Waals surface area contributed by atoms with Gasteiger partial charge in [-0.1, -0.05) is 23.7 Å². The minimum absolute atomic E-state index is 0.221. The SMILES string of the molecule is COc1ccc(/C=C2/N=C(c3cc(I)ccc3Cl)OC2=O)cc1. The molecule has 1 heterocycles. The van der Waals surface area contributed by atoms with Crippen molar-refractivity contribution in [1.82, 2.24) is 0 Å². The zero-order valence-electron chi connectivity index (χ0n) is 12.0. The maximum absolute atomic E-state index is 12.0. The summed E-state index contributed by atoms with van der Waals surface area (Å²) >= 11 is 8.32. The van der Waals surface area contributed by atoms with Gasteiger partial charge < -0.3 is 9.47 Å². The van der Waals surface area contributed by atoms with Crippen LogP contribution in [0.1, 0.15) is 11.1 Å². The Bertz CT molecular complexity index is 828. The number of carbonyl (C=O) groups is 1. The van der Waals surface area contributed by atoms with E-state index in [4.69, 9.17) is 21.1 Å². The van der Waals surface area contributed by atoms with Crippen LogP contribution < -0.4 is 4.74 Å². The number of carbonyl (C=O) groups excluding carboxylic acids is 1. The third kappa shape index (κ3) is 3.56. The van der Waals surface area contributed by atoms with Crippen molar-refractivity contribution in [3.63, 3.8) is 0 Å². The van der Waals surface area contributed by atoms with Crippen molar-refractivity contribution >= 4 is 52.1 Å². The molecule has 23 heavy (non-hydrogen) atoms. The number of cyclic esters (lactones) is 1. The van der Waals surface area contributed by atoms with Crippen LogP contribution in [-0.2, 0) is 9.53 Å². The number of halogens is 2. The molecule has 0 bridgehead atoms. The average Bonchev–Trinajstić information content (AvgIpc) is 2.91. The van der Waals surface area contributed by atoms with Gasteiger partial charge >= 0.3 is 5.97 Å². The Hall–Kier alpha value is -1.86. The lowest BCUT2D eigenvalue weighted by molar-refractivity contribution is -0.129. The van der Waals surface area contributed by atoms with Crippen molar-refractivity contribution in [2.75, 3.05) is 7.11 Å². The third-order valence-electron chi connectivity index (χ3n) is 3.20. The first-order valence-corrected chi connectivity index (χ1v) is 8.14. The van der Waals surface area contributed by atoms with Crippen LogP contribution in [0, 0.1) is 3.57 Å². The molecule has 0 saturated carbocycles. The van der Waals surface area contributed by atoms with Crippen molar-refractivity contribution in [2.45, 2.75) is 0 Å². The average molecular weight is 440 g/mol. The topological polar surface area (TPSA) is 47.9 Å². The minimum Gasteiger partial charge on any atom is -0.497 e. The predicted molar refractivity (Wildman–Crippen MR) is 97.8 cm³/mol. The standard InChI is InChI=1S/C17H11ClINO3/c1-22-12-5-2-10(3-6-12)8-15-17(21)23-16(20-15)13-9-11(19)4-7-14(13)18/h2-9H,1H3/b15-8+. The zero-order chi connectivity index (χ0) is 16.4. The van der Waals surface area contributed by atoms with E-state index in [2.05, 4.69) is 27.6 Å². The van der Waals surface area contributed by atoms with Gasteiger partial charge in [-0.3, -0.25) is 0 Å². The Labute approximate surface area is 151 Å². The van der Waals surface area contributed by atoms with E-state index >= 15 is 0 Å². The lowest BCUT2D eigenvalue weighted by Gasteiger charge is -2.02. The molecule has 0 unspecified atom stereocenters. The Balaban J connectivity index is 1.94. The lowest BCUT2D eigenvalue weighted by Crippen LogP contribution is -2.06. The number of hydrogen-bond acceptors (Lipinski definition) is 4. The molecule has 0 radical (unpaired) electrons. The quantitative estimate of drug-likeness (QED) is 0.407. The fraction of sp³-hybridized carbons (Fsp3) is 0.0588. The van der Waals surface area contributed by atoms with Crippen LogP contribution in [0.25, 0.3) is 6.08 Å². The molecule has 2 aromatic rings. The molecule has 6 heteroatoms. The number of ether oxygens (including phenoxy) is 2.